The molecule has 1 aliphatic heterocycles. The summed E-state index contributed by atoms with van der Waals surface area (Å²) in [6.45, 7) is 6.73. The highest BCUT2D eigenvalue weighted by molar-refractivity contribution is 5.98. The van der Waals surface area contributed by atoms with Crippen LogP contribution < -0.4 is 15.0 Å². The molecule has 1 aromatic carbocycles. The van der Waals surface area contributed by atoms with Crippen LogP contribution in [0.4, 0.5) is 11.4 Å². The minimum atomic E-state index is -0.165. The van der Waals surface area contributed by atoms with Crippen LogP contribution in [0.15, 0.2) is 22.7 Å². The Balaban J connectivity index is 1.56. The van der Waals surface area contributed by atoms with Crippen LogP contribution in [0.1, 0.15) is 58.2 Å². The quantitative estimate of drug-likeness (QED) is 0.764. The molecule has 29 heavy (non-hydrogen) atoms. The average molecular weight is 400 g/mol. The lowest BCUT2D eigenvalue weighted by Gasteiger charge is -2.20. The highest BCUT2D eigenvalue weighted by atomic mass is 16.5. The van der Waals surface area contributed by atoms with Gasteiger partial charge in [-0.05, 0) is 31.0 Å². The van der Waals surface area contributed by atoms with Crippen molar-refractivity contribution in [2.24, 2.45) is 0 Å². The van der Waals surface area contributed by atoms with Gasteiger partial charge in [0.1, 0.15) is 5.75 Å². The van der Waals surface area contributed by atoms with Crippen molar-refractivity contribution in [3.63, 3.8) is 0 Å². The highest BCUT2D eigenvalue weighted by Crippen LogP contribution is 2.34. The van der Waals surface area contributed by atoms with E-state index in [1.54, 1.807) is 30.2 Å². The minimum Gasteiger partial charge on any atom is -0.495 e. The number of ether oxygens (including phenoxy) is 1. The molecule has 1 saturated heterocycles. The van der Waals surface area contributed by atoms with Crippen LogP contribution in [0.3, 0.4) is 0 Å². The number of amides is 2. The standard InChI is InChI=1S/C21H28N4O4/c1-21(2,3)20-23-18(29-24-20)8-5-7-17(26)22-14-10-11-16(28-4)15(13-14)25-12-6-9-19(25)27/h10-11,13H,5-9,12H2,1-4H3,(H,22,26). The van der Waals surface area contributed by atoms with Crippen LogP contribution >= 0.6 is 0 Å². The minimum absolute atomic E-state index is 0.0703. The molecule has 0 saturated carbocycles. The van der Waals surface area contributed by atoms with Gasteiger partial charge in [0.15, 0.2) is 5.82 Å². The molecule has 0 spiro atoms. The molecule has 2 aromatic rings. The zero-order valence-electron chi connectivity index (χ0n) is 17.4. The number of aryl methyl sites for hydroxylation is 1. The van der Waals surface area contributed by atoms with Gasteiger partial charge in [0.25, 0.3) is 0 Å². The third kappa shape index (κ3) is 5.13. The lowest BCUT2D eigenvalue weighted by molar-refractivity contribution is -0.117. The van der Waals surface area contributed by atoms with Crippen LogP contribution in [-0.2, 0) is 21.4 Å². The molecule has 0 atom stereocenters. The maximum Gasteiger partial charge on any atom is 0.227 e. The first-order valence-electron chi connectivity index (χ1n) is 9.89. The highest BCUT2D eigenvalue weighted by Gasteiger charge is 2.25. The summed E-state index contributed by atoms with van der Waals surface area (Å²) in [7, 11) is 1.57. The number of methoxy groups -OCH3 is 1. The molecule has 1 N–H and O–H groups in total. The maximum atomic E-state index is 12.3. The van der Waals surface area contributed by atoms with Gasteiger partial charge in [0.05, 0.1) is 12.8 Å². The van der Waals surface area contributed by atoms with E-state index in [9.17, 15) is 9.59 Å². The number of carbonyl (C=O) groups excluding carboxylic acids is 2. The monoisotopic (exact) mass is 400 g/mol. The summed E-state index contributed by atoms with van der Waals surface area (Å²) in [5.74, 6) is 1.79. The largest absolute Gasteiger partial charge is 0.495 e. The van der Waals surface area contributed by atoms with Gasteiger partial charge < -0.3 is 19.5 Å². The number of nitrogens with one attached hydrogen (secondary N) is 1. The van der Waals surface area contributed by atoms with E-state index >= 15 is 0 Å². The van der Waals surface area contributed by atoms with Gasteiger partial charge in [-0.25, -0.2) is 0 Å². The Bertz CT molecular complexity index is 885. The smallest absolute Gasteiger partial charge is 0.227 e. The molecular formula is C21H28N4O4. The molecule has 1 aromatic heterocycles. The van der Waals surface area contributed by atoms with E-state index in [0.717, 1.165) is 6.42 Å². The van der Waals surface area contributed by atoms with Gasteiger partial charge in [-0.15, -0.1) is 0 Å². The van der Waals surface area contributed by atoms with Crippen LogP contribution in [0.25, 0.3) is 0 Å². The molecule has 0 bridgehead atoms. The fourth-order valence-electron chi connectivity index (χ4n) is 3.17. The summed E-state index contributed by atoms with van der Waals surface area (Å²) < 4.78 is 10.6. The first kappa shape index (κ1) is 20.8. The number of benzene rings is 1. The van der Waals surface area contributed by atoms with E-state index in [4.69, 9.17) is 9.26 Å². The number of hydrogen-bond donors (Lipinski definition) is 1. The number of anilines is 2. The predicted octanol–water partition coefficient (Wildman–Crippen LogP) is 3.46. The fourth-order valence-corrected chi connectivity index (χ4v) is 3.17. The van der Waals surface area contributed by atoms with Crippen molar-refractivity contribution in [1.82, 2.24) is 10.1 Å². The van der Waals surface area contributed by atoms with E-state index in [0.29, 0.717) is 61.1 Å². The molecule has 3 rings (SSSR count). The molecule has 1 fully saturated rings. The number of rotatable bonds is 7. The van der Waals surface area contributed by atoms with E-state index in [1.165, 1.54) is 0 Å². The van der Waals surface area contributed by atoms with Crippen molar-refractivity contribution >= 4 is 23.2 Å². The molecule has 1 aliphatic rings. The zero-order valence-corrected chi connectivity index (χ0v) is 17.4. The lowest BCUT2D eigenvalue weighted by Crippen LogP contribution is -2.24. The summed E-state index contributed by atoms with van der Waals surface area (Å²) in [5, 5.41) is 6.88. The van der Waals surface area contributed by atoms with Crippen LogP contribution in [0, 0.1) is 0 Å². The van der Waals surface area contributed by atoms with Crippen molar-refractivity contribution in [1.29, 1.82) is 0 Å². The van der Waals surface area contributed by atoms with Gasteiger partial charge in [-0.2, -0.15) is 4.98 Å². The zero-order chi connectivity index (χ0) is 21.0. The lowest BCUT2D eigenvalue weighted by atomic mass is 9.96. The number of carbonyl (C=O) groups is 2. The molecule has 0 radical (unpaired) electrons. The normalized spacial score (nSPS) is 14.3. The first-order chi connectivity index (χ1) is 13.8. The third-order valence-electron chi connectivity index (χ3n) is 4.76. The Morgan fingerprint density at radius 2 is 2.14 bits per heavy atom. The van der Waals surface area contributed by atoms with E-state index < -0.39 is 0 Å². The molecule has 2 heterocycles. The number of hydrogen-bond acceptors (Lipinski definition) is 6. The van der Waals surface area contributed by atoms with Gasteiger partial charge in [0, 0.05) is 36.9 Å². The SMILES string of the molecule is COc1ccc(NC(=O)CCCc2nc(C(C)(C)C)no2)cc1N1CCCC1=O. The van der Waals surface area contributed by atoms with Gasteiger partial charge in [0.2, 0.25) is 17.7 Å². The Kier molecular flexibility index (Phi) is 6.20. The topological polar surface area (TPSA) is 97.6 Å². The Morgan fingerprint density at radius 3 is 2.76 bits per heavy atom. The van der Waals surface area contributed by atoms with Gasteiger partial charge in [-0.1, -0.05) is 25.9 Å². The molecule has 8 heteroatoms. The molecule has 0 aliphatic carbocycles. The number of aromatic nitrogens is 2. The van der Waals surface area contributed by atoms with Crippen molar-refractivity contribution in [3.8, 4) is 5.75 Å². The first-order valence-corrected chi connectivity index (χ1v) is 9.89. The van der Waals surface area contributed by atoms with E-state index in [2.05, 4.69) is 15.5 Å². The van der Waals surface area contributed by atoms with Crippen molar-refractivity contribution in [3.05, 3.63) is 29.9 Å². The third-order valence-corrected chi connectivity index (χ3v) is 4.76. The molecule has 2 amide bonds. The second kappa shape index (κ2) is 8.63. The van der Waals surface area contributed by atoms with Crippen LogP contribution in [0.5, 0.6) is 5.75 Å². The summed E-state index contributed by atoms with van der Waals surface area (Å²) in [6, 6.07) is 5.32. The van der Waals surface area contributed by atoms with Gasteiger partial charge in [-0.3, -0.25) is 9.59 Å². The summed E-state index contributed by atoms with van der Waals surface area (Å²) in [4.78, 5) is 30.5. The summed E-state index contributed by atoms with van der Waals surface area (Å²) >= 11 is 0. The van der Waals surface area contributed by atoms with Crippen molar-refractivity contribution in [2.75, 3.05) is 23.9 Å². The summed E-state index contributed by atoms with van der Waals surface area (Å²) in [5.41, 5.74) is 1.16. The number of nitrogens with zero attached hydrogens (tertiary/aromatic N) is 3. The fraction of sp³-hybridized carbons (Fsp3) is 0.524. The van der Waals surface area contributed by atoms with E-state index in [1.807, 2.05) is 20.8 Å². The Hall–Kier alpha value is -2.90. The molecular weight excluding hydrogens is 372 g/mol. The van der Waals surface area contributed by atoms with Crippen molar-refractivity contribution < 1.29 is 18.8 Å². The van der Waals surface area contributed by atoms with Gasteiger partial charge >= 0.3 is 0 Å². The average Bonchev–Trinajstić information content (AvgIpc) is 3.30. The second-order valence-corrected chi connectivity index (χ2v) is 8.20. The second-order valence-electron chi connectivity index (χ2n) is 8.20. The van der Waals surface area contributed by atoms with E-state index in [-0.39, 0.29) is 17.2 Å². The van der Waals surface area contributed by atoms with Crippen LogP contribution in [-0.4, -0.2) is 35.6 Å². The molecule has 0 unspecified atom stereocenters. The Morgan fingerprint density at radius 1 is 1.34 bits per heavy atom. The van der Waals surface area contributed by atoms with Crippen LogP contribution in [0.2, 0.25) is 0 Å². The maximum absolute atomic E-state index is 12.3. The predicted molar refractivity (Wildman–Crippen MR) is 109 cm³/mol. The summed E-state index contributed by atoms with van der Waals surface area (Å²) in [6.07, 6.45) is 2.84. The molecule has 156 valence electrons. The van der Waals surface area contributed by atoms with Crippen molar-refractivity contribution in [2.45, 2.75) is 58.3 Å². The Labute approximate surface area is 170 Å². The molecule has 8 nitrogen and oxygen atoms in total.